The maximum absolute atomic E-state index is 12.8. The molecule has 1 aliphatic heterocycles. The van der Waals surface area contributed by atoms with Crippen LogP contribution in [0.3, 0.4) is 0 Å². The van der Waals surface area contributed by atoms with Gasteiger partial charge in [-0.3, -0.25) is 9.69 Å². The molecule has 120 valence electrons. The molecular formula is C17H24N2O3. The maximum Gasteiger partial charge on any atom is 0.331 e. The van der Waals surface area contributed by atoms with Crippen molar-refractivity contribution in [2.24, 2.45) is 0 Å². The van der Waals surface area contributed by atoms with Crippen LogP contribution >= 0.6 is 0 Å². The Morgan fingerprint density at radius 2 is 2.05 bits per heavy atom. The summed E-state index contributed by atoms with van der Waals surface area (Å²) in [5, 5.41) is 3.27. The molecule has 1 amide bonds. The molecule has 2 rings (SSSR count). The van der Waals surface area contributed by atoms with Crippen molar-refractivity contribution in [1.29, 1.82) is 0 Å². The largest absolute Gasteiger partial charge is 0.464 e. The third-order valence-electron chi connectivity index (χ3n) is 3.98. The predicted octanol–water partition coefficient (Wildman–Crippen LogP) is 2.87. The van der Waals surface area contributed by atoms with Crippen LogP contribution < -0.4 is 10.2 Å². The van der Waals surface area contributed by atoms with Crippen molar-refractivity contribution in [2.75, 3.05) is 16.8 Å². The van der Waals surface area contributed by atoms with Gasteiger partial charge in [-0.25, -0.2) is 4.79 Å². The van der Waals surface area contributed by atoms with Gasteiger partial charge in [-0.1, -0.05) is 13.0 Å². The Balaban J connectivity index is 2.53. The van der Waals surface area contributed by atoms with Crippen LogP contribution in [0.1, 0.15) is 39.7 Å². The molecule has 22 heavy (non-hydrogen) atoms. The number of amides is 1. The number of fused-ring (bicyclic) bond motifs is 1. The van der Waals surface area contributed by atoms with Gasteiger partial charge in [0.25, 0.3) is 5.91 Å². The first kappa shape index (κ1) is 16.3. The Morgan fingerprint density at radius 1 is 1.36 bits per heavy atom. The molecule has 0 aromatic heterocycles. The Labute approximate surface area is 131 Å². The number of hydrogen-bond acceptors (Lipinski definition) is 4. The molecule has 1 unspecified atom stereocenters. The highest BCUT2D eigenvalue weighted by atomic mass is 16.5. The molecule has 1 aromatic rings. The number of carbonyl (C=O) groups is 2. The lowest BCUT2D eigenvalue weighted by Crippen LogP contribution is -2.60. The van der Waals surface area contributed by atoms with Gasteiger partial charge in [0.2, 0.25) is 0 Å². The van der Waals surface area contributed by atoms with Crippen LogP contribution in [0, 0.1) is 6.92 Å². The first-order valence-corrected chi connectivity index (χ1v) is 7.71. The molecule has 1 heterocycles. The second-order valence-electron chi connectivity index (χ2n) is 6.08. The van der Waals surface area contributed by atoms with E-state index in [1.54, 1.807) is 25.7 Å². The fraction of sp³-hybridized carbons (Fsp3) is 0.529. The van der Waals surface area contributed by atoms with Crippen molar-refractivity contribution in [3.05, 3.63) is 23.8 Å². The summed E-state index contributed by atoms with van der Waals surface area (Å²) in [6, 6.07) is 5.48. The summed E-state index contributed by atoms with van der Waals surface area (Å²) in [6.07, 6.45) is 0.654. The highest BCUT2D eigenvalue weighted by Crippen LogP contribution is 2.37. The number of ether oxygens (including phenoxy) is 1. The highest BCUT2D eigenvalue weighted by molar-refractivity contribution is 6.09. The van der Waals surface area contributed by atoms with Gasteiger partial charge < -0.3 is 10.1 Å². The van der Waals surface area contributed by atoms with Crippen molar-refractivity contribution in [3.8, 4) is 0 Å². The number of nitrogens with zero attached hydrogens (tertiary/aromatic N) is 1. The first-order chi connectivity index (χ1) is 10.3. The van der Waals surface area contributed by atoms with Crippen molar-refractivity contribution in [2.45, 2.75) is 52.6 Å². The van der Waals surface area contributed by atoms with Crippen LogP contribution in [0.5, 0.6) is 0 Å². The number of benzene rings is 1. The van der Waals surface area contributed by atoms with E-state index in [9.17, 15) is 9.59 Å². The highest BCUT2D eigenvalue weighted by Gasteiger charge is 2.45. The van der Waals surface area contributed by atoms with E-state index in [2.05, 4.69) is 5.32 Å². The van der Waals surface area contributed by atoms with Crippen LogP contribution in [-0.4, -0.2) is 30.1 Å². The van der Waals surface area contributed by atoms with Crippen LogP contribution in [0.2, 0.25) is 0 Å². The number of carbonyl (C=O) groups excluding carboxylic acids is 2. The zero-order valence-corrected chi connectivity index (χ0v) is 13.9. The minimum atomic E-state index is -1.05. The zero-order valence-electron chi connectivity index (χ0n) is 13.9. The Kier molecular flexibility index (Phi) is 4.44. The first-order valence-electron chi connectivity index (χ1n) is 7.71. The standard InChI is InChI=1S/C17H24N2O3/c1-6-12-15(20)19(17(4,5)16(21)22-7-2)14-9-8-11(3)10-13(14)18-12/h8-10,12,18H,6-7H2,1-5H3. The number of anilines is 2. The summed E-state index contributed by atoms with van der Waals surface area (Å²) in [5.74, 6) is -0.497. The zero-order chi connectivity index (χ0) is 16.5. The fourth-order valence-electron chi connectivity index (χ4n) is 2.74. The van der Waals surface area contributed by atoms with Gasteiger partial charge in [-0.05, 0) is 51.8 Å². The Morgan fingerprint density at radius 3 is 2.64 bits per heavy atom. The second kappa shape index (κ2) is 5.99. The van der Waals surface area contributed by atoms with Crippen molar-refractivity contribution in [3.63, 3.8) is 0 Å². The number of rotatable bonds is 4. The van der Waals surface area contributed by atoms with Crippen LogP contribution in [0.15, 0.2) is 18.2 Å². The molecule has 0 saturated heterocycles. The Bertz CT molecular complexity index is 596. The lowest BCUT2D eigenvalue weighted by molar-refractivity contribution is -0.149. The summed E-state index contributed by atoms with van der Waals surface area (Å²) < 4.78 is 5.16. The van der Waals surface area contributed by atoms with Gasteiger partial charge in [0.05, 0.1) is 18.0 Å². The number of hydrogen-bond donors (Lipinski definition) is 1. The third-order valence-corrected chi connectivity index (χ3v) is 3.98. The third kappa shape index (κ3) is 2.67. The van der Waals surface area contributed by atoms with Crippen LogP contribution in [0.25, 0.3) is 0 Å². The molecule has 0 saturated carbocycles. The summed E-state index contributed by atoms with van der Waals surface area (Å²) in [4.78, 5) is 26.7. The van der Waals surface area contributed by atoms with E-state index < -0.39 is 11.5 Å². The molecule has 1 aliphatic rings. The lowest BCUT2D eigenvalue weighted by atomic mass is 9.96. The monoisotopic (exact) mass is 304 g/mol. The number of aryl methyl sites for hydroxylation is 1. The van der Waals surface area contributed by atoms with Crippen LogP contribution in [-0.2, 0) is 14.3 Å². The van der Waals surface area contributed by atoms with Crippen molar-refractivity contribution < 1.29 is 14.3 Å². The van der Waals surface area contributed by atoms with Gasteiger partial charge in [-0.2, -0.15) is 0 Å². The maximum atomic E-state index is 12.8. The topological polar surface area (TPSA) is 58.6 Å². The molecule has 0 fully saturated rings. The normalized spacial score (nSPS) is 17.8. The molecular weight excluding hydrogens is 280 g/mol. The summed E-state index contributed by atoms with van der Waals surface area (Å²) >= 11 is 0. The van der Waals surface area contributed by atoms with Crippen molar-refractivity contribution >= 4 is 23.3 Å². The van der Waals surface area contributed by atoms with Gasteiger partial charge >= 0.3 is 5.97 Å². The van der Waals surface area contributed by atoms with Gasteiger partial charge in [0.15, 0.2) is 0 Å². The van der Waals surface area contributed by atoms with E-state index in [-0.39, 0.29) is 11.9 Å². The van der Waals surface area contributed by atoms with Gasteiger partial charge in [0.1, 0.15) is 11.6 Å². The lowest BCUT2D eigenvalue weighted by Gasteiger charge is -2.43. The van der Waals surface area contributed by atoms with E-state index >= 15 is 0 Å². The predicted molar refractivity (Wildman–Crippen MR) is 87.1 cm³/mol. The summed E-state index contributed by atoms with van der Waals surface area (Å²) in [5.41, 5.74) is 1.65. The summed E-state index contributed by atoms with van der Waals surface area (Å²) in [6.45, 7) is 9.46. The van der Waals surface area contributed by atoms with E-state index in [4.69, 9.17) is 4.74 Å². The number of esters is 1. The molecule has 0 spiro atoms. The molecule has 1 atom stereocenters. The van der Waals surface area contributed by atoms with Crippen molar-refractivity contribution in [1.82, 2.24) is 0 Å². The van der Waals surface area contributed by atoms with E-state index in [1.807, 2.05) is 32.0 Å². The van der Waals surface area contributed by atoms with Gasteiger partial charge in [-0.15, -0.1) is 0 Å². The van der Waals surface area contributed by atoms with Crippen LogP contribution in [0.4, 0.5) is 11.4 Å². The molecule has 0 aliphatic carbocycles. The summed E-state index contributed by atoms with van der Waals surface area (Å²) in [7, 11) is 0. The molecule has 5 heteroatoms. The molecule has 0 radical (unpaired) electrons. The van der Waals surface area contributed by atoms with E-state index in [1.165, 1.54) is 0 Å². The molecule has 0 bridgehead atoms. The quantitative estimate of drug-likeness (QED) is 0.869. The average Bonchev–Trinajstić information content (AvgIpc) is 2.46. The molecule has 1 aromatic carbocycles. The molecule has 5 nitrogen and oxygen atoms in total. The van der Waals surface area contributed by atoms with E-state index in [0.29, 0.717) is 13.0 Å². The molecule has 1 N–H and O–H groups in total. The Hall–Kier alpha value is -2.04. The average molecular weight is 304 g/mol. The SMILES string of the molecule is CCOC(=O)C(C)(C)N1C(=O)C(CC)Nc2cc(C)ccc21. The van der Waals surface area contributed by atoms with Gasteiger partial charge in [0, 0.05) is 0 Å². The fourth-order valence-corrected chi connectivity index (χ4v) is 2.74. The van der Waals surface area contributed by atoms with E-state index in [0.717, 1.165) is 16.9 Å². The minimum absolute atomic E-state index is 0.100. The minimum Gasteiger partial charge on any atom is -0.464 e. The second-order valence-corrected chi connectivity index (χ2v) is 6.08. The smallest absolute Gasteiger partial charge is 0.331 e. The number of nitrogens with one attached hydrogen (secondary N) is 1.